The number of anilines is 3. The zero-order valence-electron chi connectivity index (χ0n) is 21.5. The predicted octanol–water partition coefficient (Wildman–Crippen LogP) is 9.82. The van der Waals surface area contributed by atoms with Gasteiger partial charge in [0.2, 0.25) is 5.71 Å². The van der Waals surface area contributed by atoms with Crippen LogP contribution in [0, 0.1) is 0 Å². The summed E-state index contributed by atoms with van der Waals surface area (Å²) in [6.07, 6.45) is 1.93. The summed E-state index contributed by atoms with van der Waals surface area (Å²) in [5.74, 6) is 0.791. The van der Waals surface area contributed by atoms with E-state index < -0.39 is 0 Å². The molecule has 3 aromatic heterocycles. The van der Waals surface area contributed by atoms with E-state index in [1.165, 1.54) is 10.8 Å². The van der Waals surface area contributed by atoms with Crippen LogP contribution in [-0.4, -0.2) is 9.97 Å². The molecule has 0 saturated heterocycles. The van der Waals surface area contributed by atoms with Crippen LogP contribution in [0.5, 0.6) is 0 Å². The number of nitrogens with zero attached hydrogens (tertiary/aromatic N) is 3. The van der Waals surface area contributed by atoms with Crippen molar-refractivity contribution in [2.45, 2.75) is 0 Å². The molecule has 0 atom stereocenters. The van der Waals surface area contributed by atoms with Crippen molar-refractivity contribution in [1.29, 1.82) is 0 Å². The lowest BCUT2D eigenvalue weighted by molar-refractivity contribution is 0.655. The molecule has 0 unspecified atom stereocenters. The van der Waals surface area contributed by atoms with Gasteiger partial charge in [-0.05, 0) is 70.8 Å². The molecule has 0 aliphatic carbocycles. The van der Waals surface area contributed by atoms with Gasteiger partial charge in [-0.15, -0.1) is 0 Å². The lowest BCUT2D eigenvalue weighted by Crippen LogP contribution is -2.11. The van der Waals surface area contributed by atoms with E-state index in [-0.39, 0.29) is 0 Å². The monoisotopic (exact) mass is 513 g/mol. The predicted molar refractivity (Wildman–Crippen MR) is 164 cm³/mol. The summed E-state index contributed by atoms with van der Waals surface area (Å²) in [6.45, 7) is 0. The van der Waals surface area contributed by atoms with E-state index in [4.69, 9.17) is 14.4 Å². The van der Waals surface area contributed by atoms with Crippen molar-refractivity contribution in [3.8, 4) is 11.3 Å². The average Bonchev–Trinajstić information content (AvgIpc) is 3.37. The second kappa shape index (κ2) is 9.07. The highest BCUT2D eigenvalue weighted by atomic mass is 16.3. The molecule has 0 amide bonds. The van der Waals surface area contributed by atoms with Crippen LogP contribution in [0.25, 0.3) is 54.9 Å². The summed E-state index contributed by atoms with van der Waals surface area (Å²) < 4.78 is 6.29. The molecule has 5 aromatic carbocycles. The molecule has 0 radical (unpaired) electrons. The zero-order chi connectivity index (χ0) is 26.5. The van der Waals surface area contributed by atoms with E-state index >= 15 is 0 Å². The Bertz CT molecular complexity index is 2170. The van der Waals surface area contributed by atoms with Gasteiger partial charge in [0.25, 0.3) is 0 Å². The summed E-state index contributed by atoms with van der Waals surface area (Å²) in [5, 5.41) is 6.74. The van der Waals surface area contributed by atoms with Crippen LogP contribution in [0.1, 0.15) is 0 Å². The summed E-state index contributed by atoms with van der Waals surface area (Å²) in [4.78, 5) is 11.9. The largest absolute Gasteiger partial charge is 0.438 e. The second-order valence-electron chi connectivity index (χ2n) is 9.95. The van der Waals surface area contributed by atoms with Crippen molar-refractivity contribution in [1.82, 2.24) is 9.97 Å². The summed E-state index contributed by atoms with van der Waals surface area (Å²) in [5.41, 5.74) is 5.51. The molecule has 0 aliphatic heterocycles. The first kappa shape index (κ1) is 22.5. The molecule has 8 rings (SSSR count). The molecule has 4 nitrogen and oxygen atoms in total. The zero-order valence-corrected chi connectivity index (χ0v) is 21.5. The third kappa shape index (κ3) is 3.77. The Hall–Kier alpha value is -5.48. The van der Waals surface area contributed by atoms with Crippen LogP contribution in [0.2, 0.25) is 0 Å². The van der Waals surface area contributed by atoms with Crippen molar-refractivity contribution < 1.29 is 4.42 Å². The maximum Gasteiger partial charge on any atom is 0.229 e. The molecule has 0 spiro atoms. The van der Waals surface area contributed by atoms with Gasteiger partial charge >= 0.3 is 0 Å². The molecule has 8 aromatic rings. The number of furan rings is 1. The van der Waals surface area contributed by atoms with E-state index in [1.54, 1.807) is 0 Å². The van der Waals surface area contributed by atoms with Gasteiger partial charge in [0.15, 0.2) is 0 Å². The standard InChI is InChI=1S/C36H23N3O/c1-2-12-29(13-3-1)39(30-16-14-24(15-17-30)33-21-26-9-6-7-11-28(26)23-37-33)35-19-18-31-32-20-25-8-4-5-10-27(25)22-34(32)40-36(31)38-35/h1-23H. The first-order valence-electron chi connectivity index (χ1n) is 13.3. The summed E-state index contributed by atoms with van der Waals surface area (Å²) in [7, 11) is 0. The number of aromatic nitrogens is 2. The minimum absolute atomic E-state index is 0.626. The van der Waals surface area contributed by atoms with Gasteiger partial charge in [-0.3, -0.25) is 9.88 Å². The van der Waals surface area contributed by atoms with E-state index in [2.05, 4.69) is 108 Å². The molecule has 188 valence electrons. The highest BCUT2D eigenvalue weighted by molar-refractivity contribution is 6.09. The van der Waals surface area contributed by atoms with E-state index in [0.717, 1.165) is 55.6 Å². The smallest absolute Gasteiger partial charge is 0.229 e. The molecule has 4 heteroatoms. The first-order valence-corrected chi connectivity index (χ1v) is 13.3. The van der Waals surface area contributed by atoms with Gasteiger partial charge in [-0.2, -0.15) is 4.98 Å². The van der Waals surface area contributed by atoms with Crippen LogP contribution in [0.15, 0.2) is 144 Å². The SMILES string of the molecule is c1ccc(N(c2ccc(-c3cc4ccccc4cn3)cc2)c2ccc3c(n2)oc2cc4ccccc4cc23)cc1. The molecule has 40 heavy (non-hydrogen) atoms. The molecule has 0 aliphatic rings. The minimum Gasteiger partial charge on any atom is -0.438 e. The fourth-order valence-corrected chi connectivity index (χ4v) is 5.47. The third-order valence-electron chi connectivity index (χ3n) is 7.49. The van der Waals surface area contributed by atoms with Crippen molar-refractivity contribution in [2.24, 2.45) is 0 Å². The van der Waals surface area contributed by atoms with Gasteiger partial charge < -0.3 is 4.42 Å². The molecule has 0 fully saturated rings. The molecular formula is C36H23N3O. The van der Waals surface area contributed by atoms with E-state index in [9.17, 15) is 0 Å². The number of fused-ring (bicyclic) bond motifs is 5. The maximum absolute atomic E-state index is 6.29. The highest BCUT2D eigenvalue weighted by Gasteiger charge is 2.17. The Balaban J connectivity index is 1.23. The average molecular weight is 514 g/mol. The normalized spacial score (nSPS) is 11.5. The van der Waals surface area contributed by atoms with Crippen LogP contribution in [0.4, 0.5) is 17.2 Å². The number of rotatable bonds is 4. The first-order chi connectivity index (χ1) is 19.8. The summed E-state index contributed by atoms with van der Waals surface area (Å²) >= 11 is 0. The minimum atomic E-state index is 0.626. The van der Waals surface area contributed by atoms with Gasteiger partial charge in [-0.1, -0.05) is 78.9 Å². The van der Waals surface area contributed by atoms with Crippen LogP contribution in [0.3, 0.4) is 0 Å². The van der Waals surface area contributed by atoms with Gasteiger partial charge in [0.1, 0.15) is 11.4 Å². The Kier molecular flexibility index (Phi) is 5.10. The Morgan fingerprint density at radius 2 is 1.18 bits per heavy atom. The number of pyridine rings is 2. The van der Waals surface area contributed by atoms with Crippen molar-refractivity contribution in [2.75, 3.05) is 4.90 Å². The lowest BCUT2D eigenvalue weighted by Gasteiger charge is -2.24. The Morgan fingerprint density at radius 3 is 1.95 bits per heavy atom. The maximum atomic E-state index is 6.29. The van der Waals surface area contributed by atoms with Gasteiger partial charge in [0.05, 0.1) is 5.69 Å². The Morgan fingerprint density at radius 1 is 0.525 bits per heavy atom. The molecular weight excluding hydrogens is 490 g/mol. The van der Waals surface area contributed by atoms with Crippen LogP contribution < -0.4 is 4.90 Å². The van der Waals surface area contributed by atoms with E-state index in [1.807, 2.05) is 36.5 Å². The third-order valence-corrected chi connectivity index (χ3v) is 7.49. The number of para-hydroxylation sites is 1. The fraction of sp³-hybridized carbons (Fsp3) is 0. The van der Waals surface area contributed by atoms with Gasteiger partial charge in [0, 0.05) is 39.3 Å². The molecule has 0 N–H and O–H groups in total. The Labute approximate surface area is 230 Å². The quantitative estimate of drug-likeness (QED) is 0.235. The van der Waals surface area contributed by atoms with Crippen molar-refractivity contribution >= 4 is 60.8 Å². The van der Waals surface area contributed by atoms with Crippen LogP contribution in [-0.2, 0) is 0 Å². The fourth-order valence-electron chi connectivity index (χ4n) is 5.47. The van der Waals surface area contributed by atoms with E-state index in [0.29, 0.717) is 5.71 Å². The molecule has 0 bridgehead atoms. The topological polar surface area (TPSA) is 42.2 Å². The highest BCUT2D eigenvalue weighted by Crippen LogP contribution is 2.38. The van der Waals surface area contributed by atoms with Crippen molar-refractivity contribution in [3.63, 3.8) is 0 Å². The molecule has 0 saturated carbocycles. The number of hydrogen-bond donors (Lipinski definition) is 0. The number of hydrogen-bond acceptors (Lipinski definition) is 4. The lowest BCUT2D eigenvalue weighted by atomic mass is 10.1. The van der Waals surface area contributed by atoms with Crippen LogP contribution >= 0.6 is 0 Å². The number of benzene rings is 5. The second-order valence-corrected chi connectivity index (χ2v) is 9.95. The summed E-state index contributed by atoms with van der Waals surface area (Å²) in [6, 6.07) is 46.0. The van der Waals surface area contributed by atoms with Gasteiger partial charge in [-0.25, -0.2) is 0 Å². The molecule has 3 heterocycles. The van der Waals surface area contributed by atoms with Crippen molar-refractivity contribution in [3.05, 3.63) is 140 Å².